The molecule has 0 aromatic heterocycles. The Hall–Kier alpha value is -0.320. The van der Waals surface area contributed by atoms with Gasteiger partial charge in [0.2, 0.25) is 0 Å². The highest BCUT2D eigenvalue weighted by Crippen LogP contribution is 2.26. The summed E-state index contributed by atoms with van der Waals surface area (Å²) in [5, 5.41) is 11.2. The van der Waals surface area contributed by atoms with Gasteiger partial charge < -0.3 is 14.7 Å². The highest BCUT2D eigenvalue weighted by atomic mass is 35.5. The van der Waals surface area contributed by atoms with Gasteiger partial charge in [0.05, 0.1) is 6.10 Å². The Morgan fingerprint density at radius 2 is 2.11 bits per heavy atom. The second-order valence-corrected chi connectivity index (χ2v) is 5.13. The molecule has 0 fully saturated rings. The first-order chi connectivity index (χ1) is 8.54. The van der Waals surface area contributed by atoms with Crippen LogP contribution in [0.1, 0.15) is 18.1 Å². The average Bonchev–Trinajstić information content (AvgIpc) is 2.28. The Balaban J connectivity index is 2.51. The molecule has 0 aliphatic heterocycles. The van der Waals surface area contributed by atoms with Gasteiger partial charge in [0.25, 0.3) is 0 Å². The Bertz CT molecular complexity index is 374. The van der Waals surface area contributed by atoms with Crippen LogP contribution in [0.5, 0.6) is 0 Å². The van der Waals surface area contributed by atoms with E-state index in [1.807, 2.05) is 7.05 Å². The van der Waals surface area contributed by atoms with E-state index in [0.29, 0.717) is 22.2 Å². The number of likely N-dealkylation sites (N-methyl/N-ethyl adjacent to an activating group) is 1. The molecule has 1 aromatic carbocycles. The molecule has 0 saturated carbocycles. The van der Waals surface area contributed by atoms with E-state index < -0.39 is 6.10 Å². The maximum atomic E-state index is 10.1. The number of aliphatic hydroxyl groups excluding tert-OH is 1. The molecule has 0 heterocycles. The molecule has 5 heteroatoms. The first kappa shape index (κ1) is 15.7. The summed E-state index contributed by atoms with van der Waals surface area (Å²) in [4.78, 5) is 2.05. The van der Waals surface area contributed by atoms with Crippen LogP contribution in [0.15, 0.2) is 18.2 Å². The fraction of sp³-hybridized carbons (Fsp3) is 0.538. The van der Waals surface area contributed by atoms with Crippen LogP contribution in [0.25, 0.3) is 0 Å². The number of methoxy groups -OCH3 is 1. The molecule has 18 heavy (non-hydrogen) atoms. The van der Waals surface area contributed by atoms with Gasteiger partial charge in [-0.3, -0.25) is 0 Å². The molecule has 0 saturated heterocycles. The fourth-order valence-electron chi connectivity index (χ4n) is 1.74. The first-order valence-corrected chi connectivity index (χ1v) is 6.60. The van der Waals surface area contributed by atoms with Gasteiger partial charge in [-0.15, -0.1) is 0 Å². The number of hydrogen-bond acceptors (Lipinski definition) is 3. The number of ether oxygens (including phenoxy) is 1. The molecule has 0 amide bonds. The van der Waals surface area contributed by atoms with E-state index in [-0.39, 0.29) is 0 Å². The van der Waals surface area contributed by atoms with E-state index in [4.69, 9.17) is 27.9 Å². The Morgan fingerprint density at radius 3 is 2.72 bits per heavy atom. The van der Waals surface area contributed by atoms with Crippen molar-refractivity contribution in [3.8, 4) is 0 Å². The van der Waals surface area contributed by atoms with Crippen LogP contribution < -0.4 is 0 Å². The summed E-state index contributed by atoms with van der Waals surface area (Å²) >= 11 is 11.9. The largest absolute Gasteiger partial charge is 0.387 e. The van der Waals surface area contributed by atoms with E-state index in [0.717, 1.165) is 19.6 Å². The summed E-state index contributed by atoms with van der Waals surface area (Å²) in [6.45, 7) is 2.13. The van der Waals surface area contributed by atoms with Gasteiger partial charge in [0, 0.05) is 42.4 Å². The van der Waals surface area contributed by atoms with Gasteiger partial charge in [0.1, 0.15) is 0 Å². The predicted octanol–water partition coefficient (Wildman–Crippen LogP) is 3.00. The van der Waals surface area contributed by atoms with Crippen molar-refractivity contribution in [1.29, 1.82) is 0 Å². The number of benzene rings is 1. The normalized spacial score (nSPS) is 13.0. The molecule has 0 aliphatic rings. The molecular formula is C13H19Cl2NO2. The second kappa shape index (κ2) is 7.97. The molecular weight excluding hydrogens is 273 g/mol. The molecule has 0 spiro atoms. The number of halogens is 2. The summed E-state index contributed by atoms with van der Waals surface area (Å²) in [5.41, 5.74) is 0.708. The van der Waals surface area contributed by atoms with E-state index in [1.54, 1.807) is 25.3 Å². The van der Waals surface area contributed by atoms with Crippen molar-refractivity contribution in [1.82, 2.24) is 4.90 Å². The van der Waals surface area contributed by atoms with Crippen molar-refractivity contribution in [3.05, 3.63) is 33.8 Å². The van der Waals surface area contributed by atoms with Crippen molar-refractivity contribution in [2.24, 2.45) is 0 Å². The molecule has 1 unspecified atom stereocenters. The molecule has 0 radical (unpaired) electrons. The molecule has 0 aliphatic carbocycles. The van der Waals surface area contributed by atoms with Crippen molar-refractivity contribution in [2.75, 3.05) is 33.9 Å². The molecule has 0 bridgehead atoms. The van der Waals surface area contributed by atoms with Gasteiger partial charge in [-0.05, 0) is 25.6 Å². The van der Waals surface area contributed by atoms with E-state index in [2.05, 4.69) is 4.90 Å². The van der Waals surface area contributed by atoms with Gasteiger partial charge in [-0.25, -0.2) is 0 Å². The van der Waals surface area contributed by atoms with Crippen molar-refractivity contribution in [3.63, 3.8) is 0 Å². The maximum absolute atomic E-state index is 10.1. The second-order valence-electron chi connectivity index (χ2n) is 4.29. The third kappa shape index (κ3) is 5.12. The third-order valence-corrected chi connectivity index (χ3v) is 3.26. The smallest absolute Gasteiger partial charge is 0.0931 e. The van der Waals surface area contributed by atoms with Crippen LogP contribution in [0.3, 0.4) is 0 Å². The van der Waals surface area contributed by atoms with Crippen LogP contribution in [-0.2, 0) is 4.74 Å². The highest BCUT2D eigenvalue weighted by Gasteiger charge is 2.14. The summed E-state index contributed by atoms with van der Waals surface area (Å²) < 4.78 is 4.99. The summed E-state index contributed by atoms with van der Waals surface area (Å²) in [6.07, 6.45) is 0.330. The van der Waals surface area contributed by atoms with Crippen molar-refractivity contribution < 1.29 is 9.84 Å². The Kier molecular flexibility index (Phi) is 6.97. The minimum Gasteiger partial charge on any atom is -0.387 e. The zero-order valence-corrected chi connectivity index (χ0v) is 12.2. The lowest BCUT2D eigenvalue weighted by molar-refractivity contribution is 0.117. The van der Waals surface area contributed by atoms with Gasteiger partial charge in [0.15, 0.2) is 0 Å². The molecule has 1 N–H and O–H groups in total. The molecule has 1 rings (SSSR count). The first-order valence-electron chi connectivity index (χ1n) is 5.85. The minimum absolute atomic E-state index is 0.500. The molecule has 1 aromatic rings. The number of aliphatic hydroxyl groups is 1. The van der Waals surface area contributed by atoms with E-state index in [1.165, 1.54) is 0 Å². The number of nitrogens with zero attached hydrogens (tertiary/aromatic N) is 1. The van der Waals surface area contributed by atoms with Crippen LogP contribution in [0.2, 0.25) is 10.0 Å². The van der Waals surface area contributed by atoms with Crippen LogP contribution in [0, 0.1) is 0 Å². The van der Waals surface area contributed by atoms with Crippen molar-refractivity contribution in [2.45, 2.75) is 12.5 Å². The van der Waals surface area contributed by atoms with Crippen LogP contribution in [-0.4, -0.2) is 43.9 Å². The molecule has 102 valence electrons. The van der Waals surface area contributed by atoms with Crippen molar-refractivity contribution >= 4 is 23.2 Å². The fourth-order valence-corrected chi connectivity index (χ4v) is 2.27. The topological polar surface area (TPSA) is 32.7 Å². The average molecular weight is 292 g/mol. The maximum Gasteiger partial charge on any atom is 0.0931 e. The zero-order valence-electron chi connectivity index (χ0n) is 10.7. The van der Waals surface area contributed by atoms with Crippen LogP contribution in [0.4, 0.5) is 0 Å². The van der Waals surface area contributed by atoms with E-state index in [9.17, 15) is 5.11 Å². The zero-order chi connectivity index (χ0) is 13.5. The van der Waals surface area contributed by atoms with Crippen LogP contribution >= 0.6 is 23.2 Å². The van der Waals surface area contributed by atoms with E-state index >= 15 is 0 Å². The van der Waals surface area contributed by atoms with Gasteiger partial charge >= 0.3 is 0 Å². The monoisotopic (exact) mass is 291 g/mol. The molecule has 3 nitrogen and oxygen atoms in total. The highest BCUT2D eigenvalue weighted by molar-refractivity contribution is 6.35. The summed E-state index contributed by atoms with van der Waals surface area (Å²) in [5.74, 6) is 0. The quantitative estimate of drug-likeness (QED) is 0.784. The number of hydrogen-bond donors (Lipinski definition) is 1. The lowest BCUT2D eigenvalue weighted by Crippen LogP contribution is -2.26. The number of rotatable bonds is 7. The third-order valence-electron chi connectivity index (χ3n) is 2.69. The Labute approximate surface area is 118 Å². The standard InChI is InChI=1S/C13H19Cl2NO2/c1-16(6-3-7-18-2)9-13(17)11-5-4-10(14)8-12(11)15/h4-5,8,13,17H,3,6-7,9H2,1-2H3. The molecule has 1 atom stereocenters. The van der Waals surface area contributed by atoms with Gasteiger partial charge in [-0.1, -0.05) is 29.3 Å². The lowest BCUT2D eigenvalue weighted by Gasteiger charge is -2.21. The summed E-state index contributed by atoms with van der Waals surface area (Å²) in [6, 6.07) is 5.14. The predicted molar refractivity (Wildman–Crippen MR) is 75.4 cm³/mol. The minimum atomic E-state index is -0.609. The lowest BCUT2D eigenvalue weighted by atomic mass is 10.1. The SMILES string of the molecule is COCCCN(C)CC(O)c1ccc(Cl)cc1Cl. The Morgan fingerprint density at radius 1 is 1.39 bits per heavy atom. The van der Waals surface area contributed by atoms with Gasteiger partial charge in [-0.2, -0.15) is 0 Å². The summed E-state index contributed by atoms with van der Waals surface area (Å²) in [7, 11) is 3.64.